The Hall–Kier alpha value is -3.26. The van der Waals surface area contributed by atoms with E-state index in [-0.39, 0.29) is 0 Å². The van der Waals surface area contributed by atoms with Crippen molar-refractivity contribution in [2.24, 2.45) is 0 Å². The van der Waals surface area contributed by atoms with Gasteiger partial charge in [0, 0.05) is 0 Å². The quantitative estimate of drug-likeness (QED) is 0.468. The Morgan fingerprint density at radius 3 is 2.35 bits per heavy atom. The summed E-state index contributed by atoms with van der Waals surface area (Å²) in [4.78, 5) is 0. The van der Waals surface area contributed by atoms with E-state index in [1.54, 1.807) is 12.5 Å². The van der Waals surface area contributed by atoms with E-state index in [4.69, 9.17) is 9.47 Å². The normalized spacial score (nSPS) is 11.5. The fourth-order valence-corrected chi connectivity index (χ4v) is 2.48. The van der Waals surface area contributed by atoms with Crippen LogP contribution in [0, 0.1) is 0 Å². The Balaban J connectivity index is 1.55. The molecule has 130 valence electrons. The summed E-state index contributed by atoms with van der Waals surface area (Å²) in [5, 5.41) is 0. The van der Waals surface area contributed by atoms with Crippen molar-refractivity contribution < 1.29 is 9.47 Å². The molecule has 0 aliphatic carbocycles. The van der Waals surface area contributed by atoms with Gasteiger partial charge in [-0.1, -0.05) is 72.8 Å². The third kappa shape index (κ3) is 5.38. The minimum absolute atomic E-state index is 0.559. The minimum atomic E-state index is 0.559. The van der Waals surface area contributed by atoms with Crippen LogP contribution in [-0.4, -0.2) is 0 Å². The molecule has 0 spiro atoms. The third-order valence-electron chi connectivity index (χ3n) is 3.92. The second-order valence-electron chi connectivity index (χ2n) is 5.95. The van der Waals surface area contributed by atoms with Crippen molar-refractivity contribution in [3.05, 3.63) is 114 Å². The van der Waals surface area contributed by atoms with Gasteiger partial charge in [-0.05, 0) is 47.4 Å². The number of hydrogen-bond acceptors (Lipinski definition) is 2. The van der Waals surface area contributed by atoms with Crippen LogP contribution in [0.3, 0.4) is 0 Å². The molecule has 3 rings (SSSR count). The molecule has 0 saturated heterocycles. The summed E-state index contributed by atoms with van der Waals surface area (Å²) in [6.07, 6.45) is 5.36. The SMILES string of the molecule is C/C(=C\O/C=C\c1cccc(OCc2ccccc2)c1)c1ccccc1. The van der Waals surface area contributed by atoms with Gasteiger partial charge < -0.3 is 9.47 Å². The van der Waals surface area contributed by atoms with Crippen molar-refractivity contribution in [2.75, 3.05) is 0 Å². The molecular formula is C24H22O2. The molecule has 26 heavy (non-hydrogen) atoms. The summed E-state index contributed by atoms with van der Waals surface area (Å²) in [7, 11) is 0. The van der Waals surface area contributed by atoms with Crippen molar-refractivity contribution in [1.29, 1.82) is 0 Å². The molecule has 2 heteroatoms. The fraction of sp³-hybridized carbons (Fsp3) is 0.0833. The monoisotopic (exact) mass is 342 g/mol. The first-order chi connectivity index (χ1) is 12.8. The zero-order valence-electron chi connectivity index (χ0n) is 14.8. The number of ether oxygens (including phenoxy) is 2. The van der Waals surface area contributed by atoms with Gasteiger partial charge in [0.1, 0.15) is 12.4 Å². The van der Waals surface area contributed by atoms with E-state index in [1.165, 1.54) is 0 Å². The van der Waals surface area contributed by atoms with Crippen molar-refractivity contribution >= 4 is 11.6 Å². The average molecular weight is 342 g/mol. The van der Waals surface area contributed by atoms with Crippen LogP contribution in [0.1, 0.15) is 23.6 Å². The molecule has 0 saturated carbocycles. The molecule has 0 radical (unpaired) electrons. The van der Waals surface area contributed by atoms with Gasteiger partial charge in [0.15, 0.2) is 0 Å². The van der Waals surface area contributed by atoms with Crippen LogP contribution in [0.15, 0.2) is 97.5 Å². The highest BCUT2D eigenvalue weighted by molar-refractivity contribution is 5.62. The first kappa shape index (κ1) is 17.6. The van der Waals surface area contributed by atoms with E-state index in [0.717, 1.165) is 28.0 Å². The first-order valence-corrected chi connectivity index (χ1v) is 8.62. The fourth-order valence-electron chi connectivity index (χ4n) is 2.48. The lowest BCUT2D eigenvalue weighted by atomic mass is 10.1. The van der Waals surface area contributed by atoms with Gasteiger partial charge in [-0.2, -0.15) is 0 Å². The van der Waals surface area contributed by atoms with Crippen LogP contribution in [0.2, 0.25) is 0 Å². The lowest BCUT2D eigenvalue weighted by Gasteiger charge is -2.06. The first-order valence-electron chi connectivity index (χ1n) is 8.62. The highest BCUT2D eigenvalue weighted by atomic mass is 16.5. The van der Waals surface area contributed by atoms with Gasteiger partial charge in [0.05, 0.1) is 12.5 Å². The van der Waals surface area contributed by atoms with Crippen LogP contribution in [0.25, 0.3) is 11.6 Å². The van der Waals surface area contributed by atoms with E-state index in [1.807, 2.05) is 73.7 Å². The van der Waals surface area contributed by atoms with E-state index in [9.17, 15) is 0 Å². The Labute approximate surface area is 155 Å². The van der Waals surface area contributed by atoms with Crippen LogP contribution in [-0.2, 0) is 11.3 Å². The molecule has 0 amide bonds. The second kappa shape index (κ2) is 9.28. The van der Waals surface area contributed by atoms with Crippen LogP contribution in [0.5, 0.6) is 5.75 Å². The van der Waals surface area contributed by atoms with E-state index >= 15 is 0 Å². The summed E-state index contributed by atoms with van der Waals surface area (Å²) in [5.74, 6) is 0.840. The molecule has 3 aromatic carbocycles. The Bertz CT molecular complexity index is 865. The average Bonchev–Trinajstić information content (AvgIpc) is 2.71. The predicted molar refractivity (Wildman–Crippen MR) is 107 cm³/mol. The van der Waals surface area contributed by atoms with Crippen molar-refractivity contribution in [1.82, 2.24) is 0 Å². The largest absolute Gasteiger partial charge is 0.489 e. The molecule has 0 aliphatic heterocycles. The summed E-state index contributed by atoms with van der Waals surface area (Å²) >= 11 is 0. The van der Waals surface area contributed by atoms with E-state index in [2.05, 4.69) is 24.3 Å². The van der Waals surface area contributed by atoms with Gasteiger partial charge >= 0.3 is 0 Å². The minimum Gasteiger partial charge on any atom is -0.489 e. The number of hydrogen-bond donors (Lipinski definition) is 0. The van der Waals surface area contributed by atoms with Crippen molar-refractivity contribution in [2.45, 2.75) is 13.5 Å². The molecular weight excluding hydrogens is 320 g/mol. The van der Waals surface area contributed by atoms with E-state index < -0.39 is 0 Å². The van der Waals surface area contributed by atoms with Gasteiger partial charge in [0.25, 0.3) is 0 Å². The number of benzene rings is 3. The van der Waals surface area contributed by atoms with Gasteiger partial charge in [-0.25, -0.2) is 0 Å². The zero-order valence-corrected chi connectivity index (χ0v) is 14.8. The zero-order chi connectivity index (χ0) is 18.0. The summed E-state index contributed by atoms with van der Waals surface area (Å²) in [6.45, 7) is 2.59. The third-order valence-corrected chi connectivity index (χ3v) is 3.92. The van der Waals surface area contributed by atoms with Crippen LogP contribution < -0.4 is 4.74 Å². The summed E-state index contributed by atoms with van der Waals surface area (Å²) < 4.78 is 11.4. The van der Waals surface area contributed by atoms with Crippen LogP contribution >= 0.6 is 0 Å². The predicted octanol–water partition coefficient (Wildman–Crippen LogP) is 6.31. The van der Waals surface area contributed by atoms with E-state index in [0.29, 0.717) is 6.61 Å². The maximum atomic E-state index is 5.85. The maximum absolute atomic E-state index is 5.85. The number of rotatable bonds is 7. The molecule has 0 unspecified atom stereocenters. The number of allylic oxidation sites excluding steroid dienone is 1. The molecule has 0 aromatic heterocycles. The standard InChI is InChI=1S/C24H22O2/c1-20(23-12-6-3-7-13-23)18-25-16-15-21-11-8-14-24(17-21)26-19-22-9-4-2-5-10-22/h2-18H,19H2,1H3/b16-15-,20-18+. The molecule has 0 aliphatic rings. The Kier molecular flexibility index (Phi) is 6.27. The summed E-state index contributed by atoms with van der Waals surface area (Å²) in [6, 6.07) is 28.3. The van der Waals surface area contributed by atoms with Gasteiger partial charge in [-0.3, -0.25) is 0 Å². The molecule has 0 atom stereocenters. The second-order valence-corrected chi connectivity index (χ2v) is 5.95. The highest BCUT2D eigenvalue weighted by Gasteiger charge is 1.97. The van der Waals surface area contributed by atoms with Crippen molar-refractivity contribution in [3.8, 4) is 5.75 Å². The Morgan fingerprint density at radius 1 is 0.846 bits per heavy atom. The van der Waals surface area contributed by atoms with Crippen molar-refractivity contribution in [3.63, 3.8) is 0 Å². The van der Waals surface area contributed by atoms with Gasteiger partial charge in [0.2, 0.25) is 0 Å². The maximum Gasteiger partial charge on any atom is 0.120 e. The van der Waals surface area contributed by atoms with Crippen LogP contribution in [0.4, 0.5) is 0 Å². The molecule has 3 aromatic rings. The summed E-state index contributed by atoms with van der Waals surface area (Å²) in [5.41, 5.74) is 4.41. The smallest absolute Gasteiger partial charge is 0.120 e. The molecule has 0 bridgehead atoms. The topological polar surface area (TPSA) is 18.5 Å². The molecule has 0 heterocycles. The van der Waals surface area contributed by atoms with Gasteiger partial charge in [-0.15, -0.1) is 0 Å². The Morgan fingerprint density at radius 2 is 1.58 bits per heavy atom. The molecule has 0 fully saturated rings. The highest BCUT2D eigenvalue weighted by Crippen LogP contribution is 2.17. The lowest BCUT2D eigenvalue weighted by Crippen LogP contribution is -1.94. The molecule has 0 N–H and O–H groups in total. The lowest BCUT2D eigenvalue weighted by molar-refractivity contribution is 0.306. The molecule has 2 nitrogen and oxygen atoms in total.